The second-order valence-electron chi connectivity index (χ2n) is 3.10. The Kier molecular flexibility index (Phi) is 2.21. The fourth-order valence-corrected chi connectivity index (χ4v) is 1.30. The number of hydrogen-bond acceptors (Lipinski definition) is 3. The number of nitrogens with zero attached hydrogens (tertiary/aromatic N) is 3. The van der Waals surface area contributed by atoms with Gasteiger partial charge in [0.05, 0.1) is 11.4 Å². The van der Waals surface area contributed by atoms with E-state index < -0.39 is 5.97 Å². The number of carbonyl (C=O) groups is 1. The summed E-state index contributed by atoms with van der Waals surface area (Å²) in [7, 11) is 0. The van der Waals surface area contributed by atoms with Crippen LogP contribution in [0.4, 0.5) is 0 Å². The topological polar surface area (TPSA) is 68.0 Å². The fourth-order valence-electron chi connectivity index (χ4n) is 1.30. The first-order valence-electron chi connectivity index (χ1n) is 4.38. The third-order valence-electron chi connectivity index (χ3n) is 2.00. The van der Waals surface area contributed by atoms with Gasteiger partial charge in [-0.1, -0.05) is 0 Å². The van der Waals surface area contributed by atoms with Gasteiger partial charge in [0.1, 0.15) is 5.56 Å². The quantitative estimate of drug-likeness (QED) is 0.798. The van der Waals surface area contributed by atoms with Crippen molar-refractivity contribution in [2.45, 2.75) is 6.92 Å². The molecule has 0 spiro atoms. The van der Waals surface area contributed by atoms with Gasteiger partial charge < -0.3 is 5.11 Å². The molecule has 2 rings (SSSR count). The molecule has 0 bridgehead atoms. The Balaban J connectivity index is 2.57. The number of hydrogen-bond donors (Lipinski definition) is 1. The molecule has 0 aromatic carbocycles. The van der Waals surface area contributed by atoms with Crippen molar-refractivity contribution in [1.82, 2.24) is 14.8 Å². The molecule has 1 N–H and O–H groups in total. The molecular formula is C10H9N3O2. The summed E-state index contributed by atoms with van der Waals surface area (Å²) in [6, 6.07) is 3.43. The molecule has 0 radical (unpaired) electrons. The van der Waals surface area contributed by atoms with Gasteiger partial charge in [0.25, 0.3) is 0 Å². The molecule has 2 heterocycles. The van der Waals surface area contributed by atoms with E-state index >= 15 is 0 Å². The molecule has 76 valence electrons. The van der Waals surface area contributed by atoms with Crippen LogP contribution in [0.5, 0.6) is 0 Å². The second kappa shape index (κ2) is 3.53. The molecule has 0 saturated carbocycles. The molecular weight excluding hydrogens is 194 g/mol. The van der Waals surface area contributed by atoms with Gasteiger partial charge in [-0.25, -0.2) is 9.48 Å². The van der Waals surface area contributed by atoms with Crippen LogP contribution in [-0.4, -0.2) is 25.8 Å². The summed E-state index contributed by atoms with van der Waals surface area (Å²) < 4.78 is 1.53. The molecule has 15 heavy (non-hydrogen) atoms. The molecule has 0 aliphatic carbocycles. The van der Waals surface area contributed by atoms with E-state index in [4.69, 9.17) is 5.11 Å². The van der Waals surface area contributed by atoms with Gasteiger partial charge in [0.2, 0.25) is 0 Å². The summed E-state index contributed by atoms with van der Waals surface area (Å²) >= 11 is 0. The van der Waals surface area contributed by atoms with Gasteiger partial charge in [-0.05, 0) is 19.1 Å². The van der Waals surface area contributed by atoms with Gasteiger partial charge in [-0.15, -0.1) is 0 Å². The maximum atomic E-state index is 10.9. The molecule has 0 aliphatic rings. The third kappa shape index (κ3) is 1.71. The van der Waals surface area contributed by atoms with Crippen LogP contribution >= 0.6 is 0 Å². The average molecular weight is 203 g/mol. The lowest BCUT2D eigenvalue weighted by Gasteiger charge is -2.04. The zero-order valence-electron chi connectivity index (χ0n) is 8.08. The maximum absolute atomic E-state index is 10.9. The number of aromatic nitrogens is 3. The largest absolute Gasteiger partial charge is 0.478 e. The maximum Gasteiger partial charge on any atom is 0.339 e. The predicted octanol–water partition coefficient (Wildman–Crippen LogP) is 1.27. The van der Waals surface area contributed by atoms with Crippen LogP contribution in [0.15, 0.2) is 30.7 Å². The molecule has 5 nitrogen and oxygen atoms in total. The molecule has 0 aliphatic heterocycles. The Morgan fingerprint density at radius 1 is 1.47 bits per heavy atom. The lowest BCUT2D eigenvalue weighted by molar-refractivity contribution is 0.0696. The van der Waals surface area contributed by atoms with E-state index in [2.05, 4.69) is 10.1 Å². The van der Waals surface area contributed by atoms with Gasteiger partial charge in [0.15, 0.2) is 0 Å². The average Bonchev–Trinajstić information content (AvgIpc) is 2.65. The number of rotatable bonds is 2. The second-order valence-corrected chi connectivity index (χ2v) is 3.10. The van der Waals surface area contributed by atoms with Crippen LogP contribution in [-0.2, 0) is 0 Å². The van der Waals surface area contributed by atoms with Crippen LogP contribution in [0.25, 0.3) is 5.69 Å². The van der Waals surface area contributed by atoms with Crippen LogP contribution in [0.3, 0.4) is 0 Å². The van der Waals surface area contributed by atoms with Gasteiger partial charge in [-0.3, -0.25) is 4.98 Å². The van der Waals surface area contributed by atoms with E-state index in [1.54, 1.807) is 18.5 Å². The highest BCUT2D eigenvalue weighted by Crippen LogP contribution is 2.12. The van der Waals surface area contributed by atoms with Gasteiger partial charge >= 0.3 is 5.97 Å². The minimum atomic E-state index is -1.01. The highest BCUT2D eigenvalue weighted by molar-refractivity contribution is 5.91. The van der Waals surface area contributed by atoms with Crippen molar-refractivity contribution in [3.8, 4) is 5.69 Å². The van der Waals surface area contributed by atoms with Crippen molar-refractivity contribution in [3.05, 3.63) is 42.0 Å². The summed E-state index contributed by atoms with van der Waals surface area (Å²) in [5, 5.41) is 13.1. The lowest BCUT2D eigenvalue weighted by Crippen LogP contribution is -2.06. The smallest absolute Gasteiger partial charge is 0.339 e. The van der Waals surface area contributed by atoms with Crippen LogP contribution < -0.4 is 0 Å². The van der Waals surface area contributed by atoms with Crippen LogP contribution in [0, 0.1) is 6.92 Å². The number of carboxylic acid groups (broad SMARTS) is 1. The number of aryl methyl sites for hydroxylation is 1. The number of aromatic carboxylic acids is 1. The van der Waals surface area contributed by atoms with E-state index in [0.717, 1.165) is 5.69 Å². The lowest BCUT2D eigenvalue weighted by atomic mass is 10.2. The van der Waals surface area contributed by atoms with Gasteiger partial charge in [-0.2, -0.15) is 5.10 Å². The Labute approximate surface area is 86.0 Å². The molecule has 2 aromatic heterocycles. The highest BCUT2D eigenvalue weighted by atomic mass is 16.4. The minimum Gasteiger partial charge on any atom is -0.478 e. The highest BCUT2D eigenvalue weighted by Gasteiger charge is 2.11. The zero-order chi connectivity index (χ0) is 10.8. The SMILES string of the molecule is Cc1ccn(-c2ccncc2C(=O)O)n1. The minimum absolute atomic E-state index is 0.139. The first-order chi connectivity index (χ1) is 7.18. The molecule has 0 unspecified atom stereocenters. The van der Waals surface area contributed by atoms with Gasteiger partial charge in [0, 0.05) is 18.6 Å². The first-order valence-corrected chi connectivity index (χ1v) is 4.38. The van der Waals surface area contributed by atoms with Crippen molar-refractivity contribution >= 4 is 5.97 Å². The van der Waals surface area contributed by atoms with Crippen molar-refractivity contribution in [2.75, 3.05) is 0 Å². The van der Waals surface area contributed by atoms with E-state index in [1.165, 1.54) is 10.9 Å². The molecule has 0 atom stereocenters. The zero-order valence-corrected chi connectivity index (χ0v) is 8.08. The molecule has 0 fully saturated rings. The first kappa shape index (κ1) is 9.39. The summed E-state index contributed by atoms with van der Waals surface area (Å²) in [4.78, 5) is 14.7. The molecule has 5 heteroatoms. The van der Waals surface area contributed by atoms with Crippen molar-refractivity contribution in [1.29, 1.82) is 0 Å². The van der Waals surface area contributed by atoms with E-state index in [0.29, 0.717) is 5.69 Å². The summed E-state index contributed by atoms with van der Waals surface area (Å²) in [5.41, 5.74) is 1.49. The number of carboxylic acids is 1. The van der Waals surface area contributed by atoms with Crippen molar-refractivity contribution < 1.29 is 9.90 Å². The molecule has 0 saturated heterocycles. The van der Waals surface area contributed by atoms with Crippen LogP contribution in [0.1, 0.15) is 16.1 Å². The Morgan fingerprint density at radius 2 is 2.27 bits per heavy atom. The van der Waals surface area contributed by atoms with E-state index in [1.807, 2.05) is 13.0 Å². The van der Waals surface area contributed by atoms with Crippen molar-refractivity contribution in [3.63, 3.8) is 0 Å². The molecule has 0 amide bonds. The van der Waals surface area contributed by atoms with E-state index in [9.17, 15) is 4.79 Å². The molecule has 2 aromatic rings. The normalized spacial score (nSPS) is 10.2. The fraction of sp³-hybridized carbons (Fsp3) is 0.100. The monoisotopic (exact) mass is 203 g/mol. The van der Waals surface area contributed by atoms with Crippen molar-refractivity contribution in [2.24, 2.45) is 0 Å². The summed E-state index contributed by atoms with van der Waals surface area (Å²) in [5.74, 6) is -1.01. The standard InChI is InChI=1S/C10H9N3O2/c1-7-3-5-13(12-7)9-2-4-11-6-8(9)10(14)15/h2-6H,1H3,(H,14,15). The number of pyridine rings is 1. The van der Waals surface area contributed by atoms with Crippen LogP contribution in [0.2, 0.25) is 0 Å². The predicted molar refractivity (Wildman–Crippen MR) is 53.1 cm³/mol. The summed E-state index contributed by atoms with van der Waals surface area (Å²) in [6.45, 7) is 1.85. The Hall–Kier alpha value is -2.17. The summed E-state index contributed by atoms with van der Waals surface area (Å²) in [6.07, 6.45) is 4.57. The Morgan fingerprint density at radius 3 is 2.87 bits per heavy atom. The third-order valence-corrected chi connectivity index (χ3v) is 2.00. The Bertz CT molecular complexity index is 505. The van der Waals surface area contributed by atoms with E-state index in [-0.39, 0.29) is 5.56 Å².